The Kier molecular flexibility index (Phi) is 3.84. The van der Waals surface area contributed by atoms with Gasteiger partial charge in [0, 0.05) is 39.2 Å². The second kappa shape index (κ2) is 5.47. The van der Waals surface area contributed by atoms with E-state index in [1.807, 2.05) is 34.9 Å². The van der Waals surface area contributed by atoms with Crippen molar-refractivity contribution >= 4 is 56.4 Å². The Morgan fingerprint density at radius 3 is 3.05 bits per heavy atom. The lowest BCUT2D eigenvalue weighted by atomic mass is 10.2. The number of fused-ring (bicyclic) bond motifs is 1. The average Bonchev–Trinajstić information content (AvgIpc) is 2.76. The Hall–Kier alpha value is -0.910. The predicted molar refractivity (Wildman–Crippen MR) is 89.1 cm³/mol. The summed E-state index contributed by atoms with van der Waals surface area (Å²) in [5.41, 5.74) is 6.72. The molecule has 2 aromatic rings. The number of rotatable bonds is 1. The van der Waals surface area contributed by atoms with E-state index in [-0.39, 0.29) is 11.9 Å². The van der Waals surface area contributed by atoms with Gasteiger partial charge in [-0.25, -0.2) is 0 Å². The fourth-order valence-electron chi connectivity index (χ4n) is 2.41. The summed E-state index contributed by atoms with van der Waals surface area (Å²) in [6, 6.07) is 5.84. The molecule has 0 radical (unpaired) electrons. The van der Waals surface area contributed by atoms with Gasteiger partial charge in [0.2, 0.25) is 0 Å². The number of carbonyl (C=O) groups is 1. The number of carbonyl (C=O) groups excluding carboxylic acids is 1. The Morgan fingerprint density at radius 1 is 1.50 bits per heavy atom. The molecule has 1 fully saturated rings. The minimum atomic E-state index is 0.0487. The fourth-order valence-corrected chi connectivity index (χ4v) is 4.65. The topological polar surface area (TPSA) is 46.3 Å². The summed E-state index contributed by atoms with van der Waals surface area (Å²) in [7, 11) is 0. The van der Waals surface area contributed by atoms with Crippen LogP contribution in [0.15, 0.2) is 18.2 Å². The smallest absolute Gasteiger partial charge is 0.266 e. The number of hydrogen-bond acceptors (Lipinski definition) is 4. The van der Waals surface area contributed by atoms with Gasteiger partial charge in [-0.1, -0.05) is 11.6 Å². The lowest BCUT2D eigenvalue weighted by Crippen LogP contribution is -2.44. The van der Waals surface area contributed by atoms with Crippen LogP contribution in [0, 0.1) is 0 Å². The molecule has 106 valence electrons. The molecule has 1 saturated heterocycles. The zero-order valence-corrected chi connectivity index (χ0v) is 13.4. The first-order valence-electron chi connectivity index (χ1n) is 6.44. The van der Waals surface area contributed by atoms with E-state index in [9.17, 15) is 4.79 Å². The summed E-state index contributed by atoms with van der Waals surface area (Å²) in [4.78, 5) is 15.3. The molecule has 1 unspecified atom stereocenters. The number of nitrogen functional groups attached to an aromatic ring is 1. The van der Waals surface area contributed by atoms with Crippen molar-refractivity contribution < 1.29 is 4.79 Å². The zero-order valence-electron chi connectivity index (χ0n) is 11.1. The molecule has 3 nitrogen and oxygen atoms in total. The van der Waals surface area contributed by atoms with Crippen LogP contribution in [0.25, 0.3) is 10.1 Å². The van der Waals surface area contributed by atoms with Crippen LogP contribution in [-0.2, 0) is 0 Å². The normalized spacial score (nSPS) is 19.5. The first-order valence-corrected chi connectivity index (χ1v) is 8.79. The number of thioether (sulfide) groups is 1. The summed E-state index contributed by atoms with van der Waals surface area (Å²) < 4.78 is 1.01. The van der Waals surface area contributed by atoms with Crippen molar-refractivity contribution in [3.05, 3.63) is 28.1 Å². The van der Waals surface area contributed by atoms with Crippen LogP contribution in [-0.4, -0.2) is 34.9 Å². The molecule has 0 bridgehead atoms. The number of hydrogen-bond donors (Lipinski definition) is 1. The van der Waals surface area contributed by atoms with Gasteiger partial charge in [0.05, 0.1) is 5.69 Å². The van der Waals surface area contributed by atoms with Crippen LogP contribution in [0.2, 0.25) is 5.02 Å². The Bertz CT molecular complexity index is 670. The molecule has 1 atom stereocenters. The molecule has 0 saturated carbocycles. The number of benzene rings is 1. The van der Waals surface area contributed by atoms with Crippen molar-refractivity contribution in [1.82, 2.24) is 4.90 Å². The van der Waals surface area contributed by atoms with Gasteiger partial charge in [0.15, 0.2) is 0 Å². The quantitative estimate of drug-likeness (QED) is 0.869. The van der Waals surface area contributed by atoms with Crippen molar-refractivity contribution in [2.75, 3.05) is 23.8 Å². The van der Waals surface area contributed by atoms with E-state index in [0.29, 0.717) is 15.6 Å². The van der Waals surface area contributed by atoms with Crippen LogP contribution < -0.4 is 5.73 Å². The summed E-state index contributed by atoms with van der Waals surface area (Å²) in [6.45, 7) is 2.88. The summed E-state index contributed by atoms with van der Waals surface area (Å²) in [6.07, 6.45) is 0. The fraction of sp³-hybridized carbons (Fsp3) is 0.357. The molecular weight excluding hydrogens is 312 g/mol. The van der Waals surface area contributed by atoms with E-state index in [4.69, 9.17) is 17.3 Å². The maximum Gasteiger partial charge on any atom is 0.266 e. The summed E-state index contributed by atoms with van der Waals surface area (Å²) >= 11 is 9.35. The highest BCUT2D eigenvalue weighted by Gasteiger charge is 2.27. The van der Waals surface area contributed by atoms with E-state index >= 15 is 0 Å². The number of nitrogens with zero attached hydrogens (tertiary/aromatic N) is 1. The number of amides is 1. The van der Waals surface area contributed by atoms with Gasteiger partial charge in [0.1, 0.15) is 4.88 Å². The van der Waals surface area contributed by atoms with Gasteiger partial charge in [-0.2, -0.15) is 11.8 Å². The molecule has 1 aliphatic rings. The van der Waals surface area contributed by atoms with Crippen LogP contribution >= 0.6 is 34.7 Å². The number of thiophene rings is 1. The Balaban J connectivity index is 2.01. The molecule has 0 aliphatic carbocycles. The van der Waals surface area contributed by atoms with Gasteiger partial charge in [-0.05, 0) is 25.1 Å². The van der Waals surface area contributed by atoms with Crippen molar-refractivity contribution in [3.63, 3.8) is 0 Å². The van der Waals surface area contributed by atoms with Crippen molar-refractivity contribution in [2.24, 2.45) is 0 Å². The first-order chi connectivity index (χ1) is 9.58. The molecule has 2 N–H and O–H groups in total. The third-order valence-electron chi connectivity index (χ3n) is 3.51. The molecule has 20 heavy (non-hydrogen) atoms. The standard InChI is InChI=1S/C14H15ClN2OS2/c1-8-7-19-5-4-17(8)14(18)13-12(16)10-6-9(15)2-3-11(10)20-13/h2-3,6,8H,4-5,7,16H2,1H3. The molecular formula is C14H15ClN2OS2. The number of anilines is 1. The van der Waals surface area contributed by atoms with Gasteiger partial charge in [-0.3, -0.25) is 4.79 Å². The highest BCUT2D eigenvalue weighted by molar-refractivity contribution is 7.99. The first kappa shape index (κ1) is 14.0. The largest absolute Gasteiger partial charge is 0.397 e. The van der Waals surface area contributed by atoms with Crippen molar-refractivity contribution in [1.29, 1.82) is 0 Å². The third kappa shape index (κ3) is 2.38. The second-order valence-electron chi connectivity index (χ2n) is 4.91. The van der Waals surface area contributed by atoms with Crippen LogP contribution in [0.3, 0.4) is 0 Å². The molecule has 0 spiro atoms. The molecule has 6 heteroatoms. The summed E-state index contributed by atoms with van der Waals surface area (Å²) in [5, 5.41) is 1.52. The van der Waals surface area contributed by atoms with Gasteiger partial charge in [0.25, 0.3) is 5.91 Å². The van der Waals surface area contributed by atoms with Gasteiger partial charge in [-0.15, -0.1) is 11.3 Å². The van der Waals surface area contributed by atoms with E-state index in [1.165, 1.54) is 11.3 Å². The maximum atomic E-state index is 12.7. The van der Waals surface area contributed by atoms with Crippen LogP contribution in [0.4, 0.5) is 5.69 Å². The Morgan fingerprint density at radius 2 is 2.30 bits per heavy atom. The molecule has 1 aromatic heterocycles. The van der Waals surface area contributed by atoms with Crippen molar-refractivity contribution in [3.8, 4) is 0 Å². The van der Waals surface area contributed by atoms with Crippen molar-refractivity contribution in [2.45, 2.75) is 13.0 Å². The molecule has 1 aliphatic heterocycles. The van der Waals surface area contributed by atoms with Crippen LogP contribution in [0.1, 0.15) is 16.6 Å². The maximum absolute atomic E-state index is 12.7. The Labute approximate surface area is 131 Å². The predicted octanol–water partition coefficient (Wildman–Crippen LogP) is 3.71. The lowest BCUT2D eigenvalue weighted by Gasteiger charge is -2.32. The number of halogens is 1. The molecule has 3 rings (SSSR count). The van der Waals surface area contributed by atoms with Gasteiger partial charge < -0.3 is 10.6 Å². The monoisotopic (exact) mass is 326 g/mol. The third-order valence-corrected chi connectivity index (χ3v) is 6.11. The van der Waals surface area contributed by atoms with Gasteiger partial charge >= 0.3 is 0 Å². The average molecular weight is 327 g/mol. The van der Waals surface area contributed by atoms with E-state index in [2.05, 4.69) is 6.92 Å². The zero-order chi connectivity index (χ0) is 14.3. The highest BCUT2D eigenvalue weighted by Crippen LogP contribution is 2.36. The van der Waals surface area contributed by atoms with Crippen LogP contribution in [0.5, 0.6) is 0 Å². The molecule has 1 amide bonds. The van der Waals surface area contributed by atoms with E-state index < -0.39 is 0 Å². The second-order valence-corrected chi connectivity index (χ2v) is 7.55. The molecule has 1 aromatic carbocycles. The number of nitrogens with two attached hydrogens (primary N) is 1. The minimum Gasteiger partial charge on any atom is -0.397 e. The van der Waals surface area contributed by atoms with E-state index in [0.717, 1.165) is 28.1 Å². The summed E-state index contributed by atoms with van der Waals surface area (Å²) in [5.74, 6) is 2.03. The minimum absolute atomic E-state index is 0.0487. The van der Waals surface area contributed by atoms with E-state index in [1.54, 1.807) is 0 Å². The lowest BCUT2D eigenvalue weighted by molar-refractivity contribution is 0.0722. The SMILES string of the molecule is CC1CSCCN1C(=O)c1sc2ccc(Cl)cc2c1N. The molecule has 2 heterocycles. The highest BCUT2D eigenvalue weighted by atomic mass is 35.5.